The van der Waals surface area contributed by atoms with Crippen LogP contribution in [0.15, 0.2) is 48.5 Å². The lowest BCUT2D eigenvalue weighted by Gasteiger charge is -2.36. The summed E-state index contributed by atoms with van der Waals surface area (Å²) in [5, 5.41) is 2.92. The quantitative estimate of drug-likeness (QED) is 0.818. The van der Waals surface area contributed by atoms with Crippen molar-refractivity contribution in [2.45, 2.75) is 0 Å². The summed E-state index contributed by atoms with van der Waals surface area (Å²) in [5.74, 6) is -1.06. The van der Waals surface area contributed by atoms with Crippen LogP contribution >= 0.6 is 0 Å². The molecule has 0 atom stereocenters. The van der Waals surface area contributed by atoms with Gasteiger partial charge in [-0.3, -0.25) is 4.79 Å². The minimum atomic E-state index is -0.543. The van der Waals surface area contributed by atoms with Gasteiger partial charge in [0.15, 0.2) is 6.61 Å². The van der Waals surface area contributed by atoms with Crippen molar-refractivity contribution < 1.29 is 18.7 Å². The molecule has 3 rings (SSSR count). The lowest BCUT2D eigenvalue weighted by atomic mass is 10.2. The van der Waals surface area contributed by atoms with E-state index in [2.05, 4.69) is 5.32 Å². The van der Waals surface area contributed by atoms with E-state index in [1.807, 2.05) is 11.0 Å². The van der Waals surface area contributed by atoms with E-state index in [0.717, 1.165) is 0 Å². The predicted octanol–water partition coefficient (Wildman–Crippen LogP) is 2.37. The number of rotatable bonds is 5. The molecule has 1 aliphatic rings. The van der Waals surface area contributed by atoms with E-state index < -0.39 is 5.97 Å². The Morgan fingerprint density at radius 3 is 2.41 bits per heavy atom. The van der Waals surface area contributed by atoms with Crippen LogP contribution in [0.3, 0.4) is 0 Å². The minimum absolute atomic E-state index is 0.251. The van der Waals surface area contributed by atoms with Crippen molar-refractivity contribution in [2.75, 3.05) is 50.1 Å². The third-order valence-corrected chi connectivity index (χ3v) is 4.57. The van der Waals surface area contributed by atoms with Crippen LogP contribution in [0.2, 0.25) is 0 Å². The highest BCUT2D eigenvalue weighted by atomic mass is 19.1. The SMILES string of the molecule is CNc1ccccc1C(=O)OCC(=O)N1CCN(c2ccccc2F)CC1. The number of nitrogens with one attached hydrogen (secondary N) is 1. The van der Waals surface area contributed by atoms with Crippen molar-refractivity contribution in [1.29, 1.82) is 0 Å². The molecule has 0 radical (unpaired) electrons. The Bertz CT molecular complexity index is 820. The van der Waals surface area contributed by atoms with Crippen LogP contribution in [0.5, 0.6) is 0 Å². The highest BCUT2D eigenvalue weighted by Gasteiger charge is 2.24. The van der Waals surface area contributed by atoms with Crippen LogP contribution in [0, 0.1) is 5.82 Å². The van der Waals surface area contributed by atoms with Gasteiger partial charge < -0.3 is 19.9 Å². The Morgan fingerprint density at radius 1 is 1.04 bits per heavy atom. The molecule has 2 aromatic rings. The summed E-state index contributed by atoms with van der Waals surface area (Å²) in [6.45, 7) is 1.67. The van der Waals surface area contributed by atoms with Crippen molar-refractivity contribution >= 4 is 23.3 Å². The Labute approximate surface area is 157 Å². The van der Waals surface area contributed by atoms with E-state index in [9.17, 15) is 14.0 Å². The number of esters is 1. The fourth-order valence-corrected chi connectivity index (χ4v) is 3.08. The zero-order valence-electron chi connectivity index (χ0n) is 15.2. The number of halogens is 1. The van der Waals surface area contributed by atoms with Crippen LogP contribution < -0.4 is 10.2 Å². The molecule has 27 heavy (non-hydrogen) atoms. The fraction of sp³-hybridized carbons (Fsp3) is 0.300. The number of carbonyl (C=O) groups excluding carboxylic acids is 2. The number of para-hydroxylation sites is 2. The van der Waals surface area contributed by atoms with Crippen molar-refractivity contribution in [1.82, 2.24) is 4.90 Å². The van der Waals surface area contributed by atoms with Crippen molar-refractivity contribution in [2.24, 2.45) is 0 Å². The lowest BCUT2D eigenvalue weighted by molar-refractivity contribution is -0.134. The van der Waals surface area contributed by atoms with Crippen molar-refractivity contribution in [3.8, 4) is 0 Å². The number of hydrogen-bond donors (Lipinski definition) is 1. The summed E-state index contributed by atoms with van der Waals surface area (Å²) in [4.78, 5) is 28.1. The van der Waals surface area contributed by atoms with Crippen molar-refractivity contribution in [3.63, 3.8) is 0 Å². The first kappa shape index (κ1) is 18.7. The molecule has 0 aliphatic carbocycles. The normalized spacial score (nSPS) is 14.0. The number of carbonyl (C=O) groups is 2. The second-order valence-electron chi connectivity index (χ2n) is 6.19. The summed E-state index contributed by atoms with van der Waals surface area (Å²) in [7, 11) is 1.71. The molecular formula is C20H22FN3O3. The van der Waals surface area contributed by atoms with Crippen LogP contribution in [-0.4, -0.2) is 56.6 Å². The maximum absolute atomic E-state index is 13.9. The highest BCUT2D eigenvalue weighted by Crippen LogP contribution is 2.20. The van der Waals surface area contributed by atoms with E-state index in [-0.39, 0.29) is 18.3 Å². The lowest BCUT2D eigenvalue weighted by Crippen LogP contribution is -2.50. The zero-order valence-corrected chi connectivity index (χ0v) is 15.2. The van der Waals surface area contributed by atoms with Gasteiger partial charge >= 0.3 is 5.97 Å². The van der Waals surface area contributed by atoms with E-state index in [1.54, 1.807) is 48.3 Å². The highest BCUT2D eigenvalue weighted by molar-refractivity contribution is 5.96. The molecule has 1 heterocycles. The molecule has 6 nitrogen and oxygen atoms in total. The first-order valence-corrected chi connectivity index (χ1v) is 8.81. The molecule has 1 saturated heterocycles. The van der Waals surface area contributed by atoms with E-state index in [0.29, 0.717) is 43.1 Å². The minimum Gasteiger partial charge on any atom is -0.452 e. The molecule has 1 amide bonds. The fourth-order valence-electron chi connectivity index (χ4n) is 3.08. The molecule has 7 heteroatoms. The third-order valence-electron chi connectivity index (χ3n) is 4.57. The van der Waals surface area contributed by atoms with Crippen molar-refractivity contribution in [3.05, 3.63) is 59.9 Å². The molecular weight excluding hydrogens is 349 g/mol. The zero-order chi connectivity index (χ0) is 19.2. The average molecular weight is 371 g/mol. The van der Waals surface area contributed by atoms with E-state index >= 15 is 0 Å². The van der Waals surface area contributed by atoms with Gasteiger partial charge in [0.2, 0.25) is 0 Å². The molecule has 1 N–H and O–H groups in total. The predicted molar refractivity (Wildman–Crippen MR) is 101 cm³/mol. The average Bonchev–Trinajstić information content (AvgIpc) is 2.72. The van der Waals surface area contributed by atoms with Crippen LogP contribution in [0.25, 0.3) is 0 Å². The van der Waals surface area contributed by atoms with Gasteiger partial charge in [0.25, 0.3) is 5.91 Å². The molecule has 2 aromatic carbocycles. The molecule has 142 valence electrons. The van der Waals surface area contributed by atoms with Gasteiger partial charge in [-0.05, 0) is 24.3 Å². The van der Waals surface area contributed by atoms with Gasteiger partial charge in [-0.25, -0.2) is 9.18 Å². The molecule has 0 bridgehead atoms. The Balaban J connectivity index is 1.51. The second kappa shape index (κ2) is 8.53. The molecule has 0 saturated carbocycles. The summed E-state index contributed by atoms with van der Waals surface area (Å²) in [6, 6.07) is 13.6. The summed E-state index contributed by atoms with van der Waals surface area (Å²) in [5.41, 5.74) is 1.57. The van der Waals surface area contributed by atoms with Gasteiger partial charge in [0.1, 0.15) is 5.82 Å². The Morgan fingerprint density at radius 2 is 1.70 bits per heavy atom. The molecule has 0 unspecified atom stereocenters. The van der Waals surface area contributed by atoms with Gasteiger partial charge in [0, 0.05) is 38.9 Å². The first-order chi connectivity index (χ1) is 13.1. The van der Waals surface area contributed by atoms with Crippen LogP contribution in [0.1, 0.15) is 10.4 Å². The Hall–Kier alpha value is -3.09. The Kier molecular flexibility index (Phi) is 5.90. The van der Waals surface area contributed by atoms with E-state index in [1.165, 1.54) is 6.07 Å². The smallest absolute Gasteiger partial charge is 0.340 e. The number of hydrogen-bond acceptors (Lipinski definition) is 5. The number of anilines is 2. The van der Waals surface area contributed by atoms with Gasteiger partial charge in [0.05, 0.1) is 11.3 Å². The number of ether oxygens (including phenoxy) is 1. The number of benzene rings is 2. The maximum Gasteiger partial charge on any atom is 0.340 e. The topological polar surface area (TPSA) is 61.9 Å². The molecule has 0 aromatic heterocycles. The number of nitrogens with zero attached hydrogens (tertiary/aromatic N) is 2. The number of piperazine rings is 1. The third kappa shape index (κ3) is 4.36. The maximum atomic E-state index is 13.9. The summed E-state index contributed by atoms with van der Waals surface area (Å²) >= 11 is 0. The van der Waals surface area contributed by atoms with E-state index in [4.69, 9.17) is 4.74 Å². The van der Waals surface area contributed by atoms with Gasteiger partial charge in [-0.15, -0.1) is 0 Å². The monoisotopic (exact) mass is 371 g/mol. The van der Waals surface area contributed by atoms with Gasteiger partial charge in [-0.1, -0.05) is 24.3 Å². The molecule has 1 fully saturated rings. The molecule has 0 spiro atoms. The molecule has 1 aliphatic heterocycles. The summed E-state index contributed by atoms with van der Waals surface area (Å²) < 4.78 is 19.1. The standard InChI is InChI=1S/C20H22FN3O3/c1-22-17-8-4-2-6-15(17)20(26)27-14-19(25)24-12-10-23(11-13-24)18-9-5-3-7-16(18)21/h2-9,22H,10-14H2,1H3. The summed E-state index contributed by atoms with van der Waals surface area (Å²) in [6.07, 6.45) is 0. The largest absolute Gasteiger partial charge is 0.452 e. The second-order valence-corrected chi connectivity index (χ2v) is 6.19. The van der Waals surface area contributed by atoms with Crippen LogP contribution in [-0.2, 0) is 9.53 Å². The first-order valence-electron chi connectivity index (χ1n) is 8.81. The van der Waals surface area contributed by atoms with Gasteiger partial charge in [-0.2, -0.15) is 0 Å². The van der Waals surface area contributed by atoms with Crippen LogP contribution in [0.4, 0.5) is 15.8 Å². The number of amides is 1.